The summed E-state index contributed by atoms with van der Waals surface area (Å²) in [6.45, 7) is 6.43. The number of carbonyl (C=O) groups excluding carboxylic acids is 2. The quantitative estimate of drug-likeness (QED) is 0.650. The number of morpholine rings is 1. The van der Waals surface area contributed by atoms with Crippen molar-refractivity contribution in [2.24, 2.45) is 0 Å². The van der Waals surface area contributed by atoms with Crippen LogP contribution in [0.4, 0.5) is 0 Å². The molecule has 116 valence electrons. The van der Waals surface area contributed by atoms with Crippen molar-refractivity contribution in [3.63, 3.8) is 0 Å². The third kappa shape index (κ3) is 5.88. The van der Waals surface area contributed by atoms with Crippen LogP contribution in [0.1, 0.15) is 33.1 Å². The molecule has 0 bridgehead atoms. The highest BCUT2D eigenvalue weighted by Gasteiger charge is 2.26. The standard InChI is InChI=1S/C14H25NO5/c1-4-19-13(16)6-5-11(2)15-7-8-20-12(10-15)9-14(17)18-3/h11-12H,4-10H2,1-3H3/t11-,12-/m1/s1. The van der Waals surface area contributed by atoms with Crippen LogP contribution in [0.2, 0.25) is 0 Å². The third-order valence-corrected chi connectivity index (χ3v) is 3.49. The van der Waals surface area contributed by atoms with Gasteiger partial charge < -0.3 is 14.2 Å². The zero-order valence-electron chi connectivity index (χ0n) is 12.6. The summed E-state index contributed by atoms with van der Waals surface area (Å²) in [5.74, 6) is -0.408. The Bertz CT molecular complexity index is 321. The van der Waals surface area contributed by atoms with E-state index in [1.165, 1.54) is 7.11 Å². The monoisotopic (exact) mass is 287 g/mol. The number of hydrogen-bond acceptors (Lipinski definition) is 6. The molecule has 6 nitrogen and oxygen atoms in total. The van der Waals surface area contributed by atoms with Gasteiger partial charge in [0, 0.05) is 25.6 Å². The normalized spacial score (nSPS) is 21.2. The fraction of sp³-hybridized carbons (Fsp3) is 0.857. The van der Waals surface area contributed by atoms with Crippen LogP contribution in [0, 0.1) is 0 Å². The molecule has 0 N–H and O–H groups in total. The fourth-order valence-corrected chi connectivity index (χ4v) is 2.28. The lowest BCUT2D eigenvalue weighted by Crippen LogP contribution is -2.47. The predicted molar refractivity (Wildman–Crippen MR) is 73.3 cm³/mol. The first-order valence-corrected chi connectivity index (χ1v) is 7.14. The van der Waals surface area contributed by atoms with Crippen molar-refractivity contribution in [1.82, 2.24) is 4.90 Å². The first kappa shape index (κ1) is 16.9. The molecular weight excluding hydrogens is 262 g/mol. The number of methoxy groups -OCH3 is 1. The van der Waals surface area contributed by atoms with Crippen molar-refractivity contribution < 1.29 is 23.8 Å². The van der Waals surface area contributed by atoms with Gasteiger partial charge in [0.1, 0.15) is 0 Å². The van der Waals surface area contributed by atoms with E-state index in [0.717, 1.165) is 13.0 Å². The Morgan fingerprint density at radius 2 is 2.15 bits per heavy atom. The van der Waals surface area contributed by atoms with Crippen LogP contribution in [-0.2, 0) is 23.8 Å². The van der Waals surface area contributed by atoms with Crippen LogP contribution >= 0.6 is 0 Å². The van der Waals surface area contributed by atoms with E-state index in [1.807, 2.05) is 0 Å². The van der Waals surface area contributed by atoms with Gasteiger partial charge in [-0.15, -0.1) is 0 Å². The zero-order valence-corrected chi connectivity index (χ0v) is 12.6. The van der Waals surface area contributed by atoms with Gasteiger partial charge in [-0.1, -0.05) is 0 Å². The molecule has 0 saturated carbocycles. The van der Waals surface area contributed by atoms with Crippen molar-refractivity contribution >= 4 is 11.9 Å². The van der Waals surface area contributed by atoms with Crippen LogP contribution in [0.25, 0.3) is 0 Å². The van der Waals surface area contributed by atoms with E-state index in [4.69, 9.17) is 9.47 Å². The maximum Gasteiger partial charge on any atom is 0.308 e. The SMILES string of the molecule is CCOC(=O)CC[C@@H](C)N1CCO[C@H](CC(=O)OC)C1. The molecule has 0 unspecified atom stereocenters. The molecule has 1 aliphatic heterocycles. The molecule has 0 amide bonds. The summed E-state index contributed by atoms with van der Waals surface area (Å²) in [6.07, 6.45) is 1.33. The first-order chi connectivity index (χ1) is 9.56. The summed E-state index contributed by atoms with van der Waals surface area (Å²) >= 11 is 0. The first-order valence-electron chi connectivity index (χ1n) is 7.14. The number of nitrogens with zero attached hydrogens (tertiary/aromatic N) is 1. The minimum absolute atomic E-state index is 0.124. The van der Waals surface area contributed by atoms with Gasteiger partial charge in [-0.05, 0) is 20.3 Å². The molecule has 2 atom stereocenters. The topological polar surface area (TPSA) is 65.1 Å². The van der Waals surface area contributed by atoms with Gasteiger partial charge >= 0.3 is 11.9 Å². The summed E-state index contributed by atoms with van der Waals surface area (Å²) in [5.41, 5.74) is 0. The summed E-state index contributed by atoms with van der Waals surface area (Å²) in [6, 6.07) is 0.267. The Labute approximate surface area is 120 Å². The maximum absolute atomic E-state index is 11.4. The number of ether oxygens (including phenoxy) is 3. The number of carbonyl (C=O) groups is 2. The summed E-state index contributed by atoms with van der Waals surface area (Å²) in [4.78, 5) is 24.9. The number of hydrogen-bond donors (Lipinski definition) is 0. The zero-order chi connectivity index (χ0) is 15.0. The molecular formula is C14H25NO5. The highest BCUT2D eigenvalue weighted by Crippen LogP contribution is 2.15. The van der Waals surface area contributed by atoms with Crippen molar-refractivity contribution in [1.29, 1.82) is 0 Å². The van der Waals surface area contributed by atoms with Crippen LogP contribution in [0.15, 0.2) is 0 Å². The smallest absolute Gasteiger partial charge is 0.308 e. The predicted octanol–water partition coefficient (Wildman–Crippen LogP) is 0.982. The van der Waals surface area contributed by atoms with Crippen LogP contribution < -0.4 is 0 Å². The van der Waals surface area contributed by atoms with Gasteiger partial charge in [0.25, 0.3) is 0 Å². The Kier molecular flexibility index (Phi) is 7.54. The highest BCUT2D eigenvalue weighted by atomic mass is 16.5. The maximum atomic E-state index is 11.4. The van der Waals surface area contributed by atoms with E-state index in [0.29, 0.717) is 26.2 Å². The molecule has 1 rings (SSSR count). The molecule has 6 heteroatoms. The number of esters is 2. The Morgan fingerprint density at radius 3 is 2.80 bits per heavy atom. The molecule has 0 aliphatic carbocycles. The van der Waals surface area contributed by atoms with E-state index in [2.05, 4.69) is 16.6 Å². The second kappa shape index (κ2) is 8.92. The van der Waals surface area contributed by atoms with E-state index < -0.39 is 0 Å². The lowest BCUT2D eigenvalue weighted by molar-refractivity contribution is -0.146. The van der Waals surface area contributed by atoms with Crippen molar-refractivity contribution in [2.45, 2.75) is 45.3 Å². The third-order valence-electron chi connectivity index (χ3n) is 3.49. The molecule has 1 saturated heterocycles. The molecule has 0 aromatic carbocycles. The van der Waals surface area contributed by atoms with Gasteiger partial charge in [-0.3, -0.25) is 14.5 Å². The van der Waals surface area contributed by atoms with Crippen LogP contribution in [0.3, 0.4) is 0 Å². The van der Waals surface area contributed by atoms with E-state index in [1.54, 1.807) is 6.92 Å². The summed E-state index contributed by atoms with van der Waals surface area (Å²) in [5, 5.41) is 0. The van der Waals surface area contributed by atoms with E-state index in [-0.39, 0.29) is 30.5 Å². The Morgan fingerprint density at radius 1 is 1.40 bits per heavy atom. The van der Waals surface area contributed by atoms with E-state index in [9.17, 15) is 9.59 Å². The van der Waals surface area contributed by atoms with Gasteiger partial charge in [-0.25, -0.2) is 0 Å². The van der Waals surface area contributed by atoms with Gasteiger partial charge in [0.15, 0.2) is 0 Å². The molecule has 1 fully saturated rings. The van der Waals surface area contributed by atoms with Crippen molar-refractivity contribution in [3.8, 4) is 0 Å². The molecule has 0 aromatic heterocycles. The minimum Gasteiger partial charge on any atom is -0.469 e. The summed E-state index contributed by atoms with van der Waals surface area (Å²) < 4.78 is 15.1. The average Bonchev–Trinajstić information content (AvgIpc) is 2.45. The van der Waals surface area contributed by atoms with Crippen molar-refractivity contribution in [3.05, 3.63) is 0 Å². The molecule has 20 heavy (non-hydrogen) atoms. The Hall–Kier alpha value is -1.14. The molecule has 1 aliphatic rings. The van der Waals surface area contributed by atoms with Gasteiger partial charge in [0.2, 0.25) is 0 Å². The Balaban J connectivity index is 2.34. The summed E-state index contributed by atoms with van der Waals surface area (Å²) in [7, 11) is 1.38. The largest absolute Gasteiger partial charge is 0.469 e. The minimum atomic E-state index is -0.254. The van der Waals surface area contributed by atoms with Gasteiger partial charge in [-0.2, -0.15) is 0 Å². The fourth-order valence-electron chi connectivity index (χ4n) is 2.28. The van der Waals surface area contributed by atoms with E-state index >= 15 is 0 Å². The van der Waals surface area contributed by atoms with Crippen LogP contribution in [0.5, 0.6) is 0 Å². The number of rotatable bonds is 7. The highest BCUT2D eigenvalue weighted by molar-refractivity contribution is 5.70. The molecule has 0 radical (unpaired) electrons. The lowest BCUT2D eigenvalue weighted by atomic mass is 10.1. The molecule has 1 heterocycles. The molecule has 0 aromatic rings. The van der Waals surface area contributed by atoms with Crippen LogP contribution in [-0.4, -0.2) is 62.4 Å². The van der Waals surface area contributed by atoms with Crippen molar-refractivity contribution in [2.75, 3.05) is 33.4 Å². The molecule has 0 spiro atoms. The average molecular weight is 287 g/mol. The van der Waals surface area contributed by atoms with Gasteiger partial charge in [0.05, 0.1) is 32.8 Å². The second-order valence-corrected chi connectivity index (χ2v) is 4.96. The lowest BCUT2D eigenvalue weighted by Gasteiger charge is -2.36. The second-order valence-electron chi connectivity index (χ2n) is 4.96.